The van der Waals surface area contributed by atoms with E-state index in [1.807, 2.05) is 13.8 Å². The quantitative estimate of drug-likeness (QED) is 0.627. The lowest BCUT2D eigenvalue weighted by Crippen LogP contribution is -2.21. The van der Waals surface area contributed by atoms with E-state index < -0.39 is 32.9 Å². The molecule has 0 saturated carbocycles. The van der Waals surface area contributed by atoms with Gasteiger partial charge in [0.05, 0.1) is 29.1 Å². The average molecular weight is 415 g/mol. The van der Waals surface area contributed by atoms with Crippen LogP contribution in [0.5, 0.6) is 0 Å². The normalized spacial score (nSPS) is 13.4. The third-order valence-electron chi connectivity index (χ3n) is 3.72. The smallest absolute Gasteiger partial charge is 0.297 e. The zero-order valence-electron chi connectivity index (χ0n) is 15.0. The van der Waals surface area contributed by atoms with Crippen molar-refractivity contribution in [1.29, 1.82) is 0 Å². The van der Waals surface area contributed by atoms with Crippen molar-refractivity contribution in [3.8, 4) is 0 Å². The minimum absolute atomic E-state index is 0.0146. The molecule has 7 nitrogen and oxygen atoms in total. The zero-order chi connectivity index (χ0) is 20.1. The van der Waals surface area contributed by atoms with Gasteiger partial charge in [0.1, 0.15) is 0 Å². The van der Waals surface area contributed by atoms with Crippen LogP contribution in [0.15, 0.2) is 58.3 Å². The van der Waals surface area contributed by atoms with Crippen LogP contribution in [0.1, 0.15) is 17.5 Å². The van der Waals surface area contributed by atoms with Crippen LogP contribution in [-0.4, -0.2) is 41.3 Å². The molecular weight excluding hydrogens is 392 g/mol. The molecule has 0 aliphatic rings. The van der Waals surface area contributed by atoms with Crippen molar-refractivity contribution in [3.05, 3.63) is 59.7 Å². The Bertz CT molecular complexity index is 948. The molecule has 2 aromatic carbocycles. The fourth-order valence-electron chi connectivity index (χ4n) is 2.09. The highest BCUT2D eigenvalue weighted by Gasteiger charge is 2.19. The Hall–Kier alpha value is -1.78. The molecule has 0 aliphatic carbocycles. The van der Waals surface area contributed by atoms with Crippen LogP contribution >= 0.6 is 0 Å². The number of rotatable bonds is 9. The third kappa shape index (κ3) is 6.40. The molecule has 0 heterocycles. The number of benzene rings is 2. The molecule has 1 N–H and O–H groups in total. The van der Waals surface area contributed by atoms with Crippen molar-refractivity contribution in [1.82, 2.24) is 0 Å². The van der Waals surface area contributed by atoms with Crippen LogP contribution in [0, 0.1) is 13.8 Å². The standard InChI is InChI=1S/C18H22O7S2/c1-14-3-7-17(8-4-14)26(20,21)24-12-11-16(19)13-25-27(22,23)18-9-5-15(2)6-10-18/h3-10,16,19H,11-13H2,1-2H3/t16-/m1/s1. The van der Waals surface area contributed by atoms with Gasteiger partial charge in [-0.15, -0.1) is 0 Å². The van der Waals surface area contributed by atoms with E-state index in [1.54, 1.807) is 24.3 Å². The van der Waals surface area contributed by atoms with E-state index in [4.69, 9.17) is 8.37 Å². The number of aliphatic hydroxyl groups is 1. The van der Waals surface area contributed by atoms with E-state index in [9.17, 15) is 21.9 Å². The van der Waals surface area contributed by atoms with Crippen LogP contribution < -0.4 is 0 Å². The molecular formula is C18H22O7S2. The SMILES string of the molecule is Cc1ccc(S(=O)(=O)OCC[C@@H](O)COS(=O)(=O)c2ccc(C)cc2)cc1. The Labute approximate surface area is 159 Å². The van der Waals surface area contributed by atoms with Gasteiger partial charge in [-0.05, 0) is 38.1 Å². The van der Waals surface area contributed by atoms with Gasteiger partial charge < -0.3 is 5.11 Å². The van der Waals surface area contributed by atoms with Crippen molar-refractivity contribution >= 4 is 20.2 Å². The molecule has 27 heavy (non-hydrogen) atoms. The van der Waals surface area contributed by atoms with Gasteiger partial charge in [-0.25, -0.2) is 0 Å². The maximum absolute atomic E-state index is 12.0. The van der Waals surface area contributed by atoms with Crippen LogP contribution in [0.2, 0.25) is 0 Å². The first-order valence-electron chi connectivity index (χ1n) is 8.20. The second-order valence-corrected chi connectivity index (χ2v) is 9.31. The van der Waals surface area contributed by atoms with E-state index in [1.165, 1.54) is 24.3 Å². The fourth-order valence-corrected chi connectivity index (χ4v) is 3.95. The summed E-state index contributed by atoms with van der Waals surface area (Å²) in [6, 6.07) is 12.2. The molecule has 1 atom stereocenters. The molecule has 2 aromatic rings. The van der Waals surface area contributed by atoms with Gasteiger partial charge in [0.15, 0.2) is 0 Å². The van der Waals surface area contributed by atoms with Crippen LogP contribution in [0.4, 0.5) is 0 Å². The first-order chi connectivity index (χ1) is 12.6. The molecule has 0 spiro atoms. The fraction of sp³-hybridized carbons (Fsp3) is 0.333. The summed E-state index contributed by atoms with van der Waals surface area (Å²) in [4.78, 5) is -0.000660. The first-order valence-corrected chi connectivity index (χ1v) is 11.0. The van der Waals surface area contributed by atoms with Crippen LogP contribution in [-0.2, 0) is 28.6 Å². The second kappa shape index (κ2) is 8.94. The molecule has 0 unspecified atom stereocenters. The summed E-state index contributed by atoms with van der Waals surface area (Å²) in [5.41, 5.74) is 1.82. The number of hydrogen-bond donors (Lipinski definition) is 1. The molecule has 0 radical (unpaired) electrons. The highest BCUT2D eigenvalue weighted by molar-refractivity contribution is 7.87. The lowest BCUT2D eigenvalue weighted by molar-refractivity contribution is 0.0892. The second-order valence-electron chi connectivity index (χ2n) is 6.08. The van der Waals surface area contributed by atoms with Gasteiger partial charge >= 0.3 is 0 Å². The van der Waals surface area contributed by atoms with Gasteiger partial charge in [0, 0.05) is 6.42 Å². The van der Waals surface area contributed by atoms with E-state index in [0.717, 1.165) is 11.1 Å². The van der Waals surface area contributed by atoms with E-state index in [2.05, 4.69) is 0 Å². The maximum Gasteiger partial charge on any atom is 0.297 e. The predicted molar refractivity (Wildman–Crippen MR) is 99.3 cm³/mol. The monoisotopic (exact) mass is 414 g/mol. The topological polar surface area (TPSA) is 107 Å². The minimum atomic E-state index is -3.99. The molecule has 0 saturated heterocycles. The highest BCUT2D eigenvalue weighted by atomic mass is 32.2. The van der Waals surface area contributed by atoms with Crippen molar-refractivity contribution in [2.75, 3.05) is 13.2 Å². The number of aliphatic hydroxyl groups excluding tert-OH is 1. The molecule has 2 rings (SSSR count). The summed E-state index contributed by atoms with van der Waals surface area (Å²) < 4.78 is 57.8. The molecule has 0 aliphatic heterocycles. The average Bonchev–Trinajstić information content (AvgIpc) is 2.61. The van der Waals surface area contributed by atoms with Crippen molar-refractivity contribution < 1.29 is 30.3 Å². The lowest BCUT2D eigenvalue weighted by Gasteiger charge is -2.12. The molecule has 0 aromatic heterocycles. The lowest BCUT2D eigenvalue weighted by atomic mass is 10.2. The van der Waals surface area contributed by atoms with Crippen LogP contribution in [0.25, 0.3) is 0 Å². The summed E-state index contributed by atoms with van der Waals surface area (Å²) in [5, 5.41) is 9.84. The summed E-state index contributed by atoms with van der Waals surface area (Å²) in [7, 11) is -7.92. The molecule has 148 valence electrons. The van der Waals surface area contributed by atoms with Crippen molar-refractivity contribution in [2.45, 2.75) is 36.2 Å². The van der Waals surface area contributed by atoms with Crippen molar-refractivity contribution in [3.63, 3.8) is 0 Å². The Morgan fingerprint density at radius 1 is 0.778 bits per heavy atom. The third-order valence-corrected chi connectivity index (χ3v) is 6.35. The van der Waals surface area contributed by atoms with Crippen molar-refractivity contribution in [2.24, 2.45) is 0 Å². The Kier molecular flexibility index (Phi) is 7.12. The van der Waals surface area contributed by atoms with Gasteiger partial charge in [-0.2, -0.15) is 16.8 Å². The van der Waals surface area contributed by atoms with E-state index in [-0.39, 0.29) is 22.8 Å². The Balaban J connectivity index is 1.83. The minimum Gasteiger partial charge on any atom is -0.391 e. The number of aryl methyl sites for hydroxylation is 2. The predicted octanol–water partition coefficient (Wildman–Crippen LogP) is 2.17. The molecule has 0 amide bonds. The van der Waals surface area contributed by atoms with Crippen LogP contribution in [0.3, 0.4) is 0 Å². The number of hydrogen-bond acceptors (Lipinski definition) is 7. The molecule has 0 bridgehead atoms. The van der Waals surface area contributed by atoms with Gasteiger partial charge in [0.2, 0.25) is 0 Å². The summed E-state index contributed by atoms with van der Waals surface area (Å²) in [5.74, 6) is 0. The Morgan fingerprint density at radius 2 is 1.19 bits per heavy atom. The summed E-state index contributed by atoms with van der Waals surface area (Å²) >= 11 is 0. The van der Waals surface area contributed by atoms with E-state index >= 15 is 0 Å². The van der Waals surface area contributed by atoms with Gasteiger partial charge in [-0.1, -0.05) is 35.4 Å². The maximum atomic E-state index is 12.0. The largest absolute Gasteiger partial charge is 0.391 e. The first kappa shape index (κ1) is 21.5. The summed E-state index contributed by atoms with van der Waals surface area (Å²) in [6.45, 7) is 2.86. The van der Waals surface area contributed by atoms with Gasteiger partial charge in [-0.3, -0.25) is 8.37 Å². The highest BCUT2D eigenvalue weighted by Crippen LogP contribution is 2.15. The zero-order valence-corrected chi connectivity index (χ0v) is 16.7. The van der Waals surface area contributed by atoms with Gasteiger partial charge in [0.25, 0.3) is 20.2 Å². The molecule has 0 fully saturated rings. The van der Waals surface area contributed by atoms with E-state index in [0.29, 0.717) is 0 Å². The summed E-state index contributed by atoms with van der Waals surface area (Å²) in [6.07, 6.45) is -1.30. The Morgan fingerprint density at radius 3 is 1.63 bits per heavy atom. The molecule has 9 heteroatoms.